The Hall–Kier alpha value is -0.930. The van der Waals surface area contributed by atoms with Gasteiger partial charge in [-0.3, -0.25) is 4.79 Å². The molecule has 98 valence electrons. The van der Waals surface area contributed by atoms with Crippen LogP contribution in [-0.4, -0.2) is 29.2 Å². The van der Waals surface area contributed by atoms with Gasteiger partial charge in [-0.1, -0.05) is 19.6 Å². The first-order valence-electron chi connectivity index (χ1n) is 6.68. The number of carbonyl (C=O) groups is 1. The second kappa shape index (κ2) is 3.78. The summed E-state index contributed by atoms with van der Waals surface area (Å²) >= 11 is 0. The van der Waals surface area contributed by atoms with Crippen LogP contribution in [0.4, 0.5) is 0 Å². The summed E-state index contributed by atoms with van der Waals surface area (Å²) in [7, 11) is 0. The highest BCUT2D eigenvalue weighted by Gasteiger charge is 2.60. The topological polar surface area (TPSA) is 46.5 Å². The summed E-state index contributed by atoms with van der Waals surface area (Å²) in [5.74, 6) is 0.423. The van der Waals surface area contributed by atoms with Gasteiger partial charge < -0.3 is 9.84 Å². The van der Waals surface area contributed by atoms with E-state index in [9.17, 15) is 9.90 Å². The molecule has 1 N–H and O–H groups in total. The Kier molecular flexibility index (Phi) is 2.55. The minimum absolute atomic E-state index is 0.0655. The number of allylic oxidation sites excluding steroid dienone is 1. The minimum atomic E-state index is -1.35. The van der Waals surface area contributed by atoms with Crippen LogP contribution >= 0.6 is 0 Å². The van der Waals surface area contributed by atoms with Crippen LogP contribution in [0.2, 0.25) is 0 Å². The number of carbonyl (C=O) groups excluding carboxylic acids is 1. The Balaban J connectivity index is 2.12. The second-order valence-corrected chi connectivity index (χ2v) is 6.08. The van der Waals surface area contributed by atoms with Crippen LogP contribution in [0.3, 0.4) is 0 Å². The van der Waals surface area contributed by atoms with Gasteiger partial charge in [0, 0.05) is 12.3 Å². The Morgan fingerprint density at radius 1 is 1.56 bits per heavy atom. The van der Waals surface area contributed by atoms with Gasteiger partial charge in [0.1, 0.15) is 0 Å². The van der Waals surface area contributed by atoms with E-state index in [0.717, 1.165) is 12.0 Å². The third kappa shape index (κ3) is 1.35. The van der Waals surface area contributed by atoms with Gasteiger partial charge in [0.05, 0.1) is 12.7 Å². The Labute approximate surface area is 108 Å². The molecule has 1 saturated heterocycles. The zero-order valence-corrected chi connectivity index (χ0v) is 11.0. The largest absolute Gasteiger partial charge is 0.377 e. The summed E-state index contributed by atoms with van der Waals surface area (Å²) in [5, 5.41) is 10.9. The summed E-state index contributed by atoms with van der Waals surface area (Å²) in [4.78, 5) is 12.3. The predicted molar refractivity (Wildman–Crippen MR) is 68.0 cm³/mol. The molecular formula is C15H20O3. The van der Waals surface area contributed by atoms with Gasteiger partial charge in [-0.25, -0.2) is 0 Å². The first kappa shape index (κ1) is 12.1. The van der Waals surface area contributed by atoms with Gasteiger partial charge in [0.15, 0.2) is 11.4 Å². The van der Waals surface area contributed by atoms with Crippen LogP contribution in [0.25, 0.3) is 0 Å². The second-order valence-electron chi connectivity index (χ2n) is 6.08. The van der Waals surface area contributed by atoms with Gasteiger partial charge in [0.25, 0.3) is 0 Å². The smallest absolute Gasteiger partial charge is 0.169 e. The molecule has 3 rings (SSSR count). The predicted octanol–water partition coefficient (Wildman–Crippen LogP) is 1.86. The fourth-order valence-electron chi connectivity index (χ4n) is 3.96. The van der Waals surface area contributed by atoms with E-state index >= 15 is 0 Å². The molecule has 0 amide bonds. The number of ketones is 1. The minimum Gasteiger partial charge on any atom is -0.377 e. The Morgan fingerprint density at radius 3 is 3.00 bits per heavy atom. The van der Waals surface area contributed by atoms with Crippen LogP contribution in [-0.2, 0) is 9.53 Å². The van der Waals surface area contributed by atoms with E-state index in [-0.39, 0.29) is 24.4 Å². The van der Waals surface area contributed by atoms with E-state index in [2.05, 4.69) is 19.6 Å². The summed E-state index contributed by atoms with van der Waals surface area (Å²) in [6.45, 7) is 8.30. The molecule has 3 aliphatic rings. The van der Waals surface area contributed by atoms with Crippen molar-refractivity contribution < 1.29 is 14.6 Å². The maximum absolute atomic E-state index is 12.3. The fourth-order valence-corrected chi connectivity index (χ4v) is 3.96. The molecule has 0 unspecified atom stereocenters. The van der Waals surface area contributed by atoms with Crippen molar-refractivity contribution >= 4 is 5.78 Å². The molecule has 18 heavy (non-hydrogen) atoms. The maximum atomic E-state index is 12.3. The van der Waals surface area contributed by atoms with Crippen molar-refractivity contribution in [3.8, 4) is 0 Å². The van der Waals surface area contributed by atoms with Crippen LogP contribution < -0.4 is 0 Å². The number of Topliss-reactive ketones (excluding diaryl/α,β-unsaturated/α-hetero) is 1. The van der Waals surface area contributed by atoms with Gasteiger partial charge >= 0.3 is 0 Å². The molecule has 1 aliphatic heterocycles. The molecule has 0 aromatic carbocycles. The lowest BCUT2D eigenvalue weighted by atomic mass is 9.55. The third-order valence-electron chi connectivity index (χ3n) is 5.07. The zero-order chi connectivity index (χ0) is 13.1. The zero-order valence-electron chi connectivity index (χ0n) is 11.0. The number of hydrogen-bond donors (Lipinski definition) is 1. The van der Waals surface area contributed by atoms with Gasteiger partial charge in [-0.2, -0.15) is 0 Å². The maximum Gasteiger partial charge on any atom is 0.169 e. The molecule has 1 saturated carbocycles. The molecule has 0 bridgehead atoms. The SMILES string of the molecule is C=C1CO[C@H]2C(C)=CC[C@@H]3[C@@H]2[C@@]1(O)C(=O)C[C@@H]3C. The van der Waals surface area contributed by atoms with Crippen molar-refractivity contribution in [2.75, 3.05) is 6.61 Å². The van der Waals surface area contributed by atoms with Crippen LogP contribution in [0.1, 0.15) is 26.7 Å². The number of rotatable bonds is 0. The van der Waals surface area contributed by atoms with Gasteiger partial charge in [-0.05, 0) is 36.3 Å². The molecule has 3 nitrogen and oxygen atoms in total. The van der Waals surface area contributed by atoms with Crippen molar-refractivity contribution in [2.24, 2.45) is 17.8 Å². The molecule has 2 fully saturated rings. The third-order valence-corrected chi connectivity index (χ3v) is 5.07. The molecule has 1 heterocycles. The first-order valence-corrected chi connectivity index (χ1v) is 6.68. The fraction of sp³-hybridized carbons (Fsp3) is 0.667. The summed E-state index contributed by atoms with van der Waals surface area (Å²) in [6.07, 6.45) is 3.47. The standard InChI is InChI=1S/C15H20O3/c1-8-4-5-11-9(2)6-12(16)15(17)10(3)7-18-14(8)13(11)15/h4,9,11,13-14,17H,3,5-7H2,1-2H3/t9-,11-,13-,14-,15-/m0/s1. The molecule has 0 radical (unpaired) electrons. The highest BCUT2D eigenvalue weighted by Crippen LogP contribution is 2.52. The van der Waals surface area contributed by atoms with Crippen LogP contribution in [0, 0.1) is 17.8 Å². The van der Waals surface area contributed by atoms with E-state index < -0.39 is 5.60 Å². The van der Waals surface area contributed by atoms with E-state index in [1.807, 2.05) is 6.92 Å². The molecule has 3 heteroatoms. The molecule has 0 aromatic heterocycles. The van der Waals surface area contributed by atoms with E-state index in [1.165, 1.54) is 0 Å². The normalized spacial score (nSPS) is 47.6. The lowest BCUT2D eigenvalue weighted by Gasteiger charge is -2.54. The first-order chi connectivity index (χ1) is 8.46. The molecule has 5 atom stereocenters. The van der Waals surface area contributed by atoms with Crippen LogP contribution in [0.15, 0.2) is 23.8 Å². The van der Waals surface area contributed by atoms with E-state index in [1.54, 1.807) is 0 Å². The van der Waals surface area contributed by atoms with Crippen molar-refractivity contribution in [2.45, 2.75) is 38.4 Å². The van der Waals surface area contributed by atoms with Crippen molar-refractivity contribution in [1.82, 2.24) is 0 Å². The average molecular weight is 248 g/mol. The number of ether oxygens (including phenoxy) is 1. The lowest BCUT2D eigenvalue weighted by molar-refractivity contribution is -0.174. The highest BCUT2D eigenvalue weighted by atomic mass is 16.5. The van der Waals surface area contributed by atoms with Gasteiger partial charge in [0.2, 0.25) is 0 Å². The quantitative estimate of drug-likeness (QED) is 0.666. The van der Waals surface area contributed by atoms with Gasteiger partial charge in [-0.15, -0.1) is 0 Å². The van der Waals surface area contributed by atoms with Crippen LogP contribution in [0.5, 0.6) is 0 Å². The van der Waals surface area contributed by atoms with Crippen molar-refractivity contribution in [3.05, 3.63) is 23.8 Å². The van der Waals surface area contributed by atoms with E-state index in [4.69, 9.17) is 4.74 Å². The molecule has 2 aliphatic carbocycles. The van der Waals surface area contributed by atoms with Crippen molar-refractivity contribution in [3.63, 3.8) is 0 Å². The van der Waals surface area contributed by atoms with E-state index in [0.29, 0.717) is 23.8 Å². The average Bonchev–Trinajstić information content (AvgIpc) is 2.32. The lowest BCUT2D eigenvalue weighted by Crippen LogP contribution is -2.64. The Morgan fingerprint density at radius 2 is 2.28 bits per heavy atom. The summed E-state index contributed by atoms with van der Waals surface area (Å²) in [5.41, 5.74) is 0.333. The molecule has 0 spiro atoms. The Bertz CT molecular complexity index is 451. The van der Waals surface area contributed by atoms with Crippen molar-refractivity contribution in [1.29, 1.82) is 0 Å². The number of hydrogen-bond acceptors (Lipinski definition) is 3. The molecule has 0 aromatic rings. The summed E-state index contributed by atoms with van der Waals surface area (Å²) in [6, 6.07) is 0. The monoisotopic (exact) mass is 248 g/mol. The highest BCUT2D eigenvalue weighted by molar-refractivity contribution is 5.92. The number of aliphatic hydroxyl groups is 1. The molecular weight excluding hydrogens is 228 g/mol. The summed E-state index contributed by atoms with van der Waals surface area (Å²) < 4.78 is 5.82.